The molecule has 5 heteroatoms. The highest BCUT2D eigenvalue weighted by molar-refractivity contribution is 7.10. The first-order valence-corrected chi connectivity index (χ1v) is 6.74. The molecule has 0 saturated heterocycles. The van der Waals surface area contributed by atoms with Gasteiger partial charge in [-0.3, -0.25) is 0 Å². The summed E-state index contributed by atoms with van der Waals surface area (Å²) >= 11 is 1.48. The van der Waals surface area contributed by atoms with Crippen LogP contribution in [0.3, 0.4) is 0 Å². The molecule has 0 radical (unpaired) electrons. The molecular formula is C14H12N2O2S. The number of hydrogen-bond acceptors (Lipinski definition) is 5. The Morgan fingerprint density at radius 1 is 1.16 bits per heavy atom. The average molecular weight is 272 g/mol. The van der Waals surface area contributed by atoms with Gasteiger partial charge in [0, 0.05) is 10.4 Å². The van der Waals surface area contributed by atoms with Crippen molar-refractivity contribution < 1.29 is 9.52 Å². The zero-order valence-electron chi connectivity index (χ0n) is 10.3. The van der Waals surface area contributed by atoms with Gasteiger partial charge < -0.3 is 9.52 Å². The lowest BCUT2D eigenvalue weighted by Crippen LogP contribution is -1.98. The Hall–Kier alpha value is -1.98. The lowest BCUT2D eigenvalue weighted by molar-refractivity contribution is 0.186. The number of hydrogen-bond donors (Lipinski definition) is 1. The fourth-order valence-corrected chi connectivity index (χ4v) is 2.72. The van der Waals surface area contributed by atoms with E-state index in [1.54, 1.807) is 0 Å². The summed E-state index contributed by atoms with van der Waals surface area (Å²) < 4.78 is 5.54. The topological polar surface area (TPSA) is 59.2 Å². The number of aryl methyl sites for hydroxylation is 1. The fraction of sp³-hybridized carbons (Fsp3) is 0.143. The van der Waals surface area contributed by atoms with Gasteiger partial charge >= 0.3 is 0 Å². The zero-order valence-corrected chi connectivity index (χ0v) is 11.1. The minimum atomic E-state index is -0.857. The Morgan fingerprint density at radius 3 is 2.63 bits per heavy atom. The molecule has 3 aromatic rings. The molecule has 2 aromatic heterocycles. The van der Waals surface area contributed by atoms with Gasteiger partial charge in [-0.05, 0) is 36.1 Å². The quantitative estimate of drug-likeness (QED) is 0.795. The highest BCUT2D eigenvalue weighted by atomic mass is 32.1. The van der Waals surface area contributed by atoms with Crippen LogP contribution in [-0.4, -0.2) is 15.3 Å². The second-order valence-electron chi connectivity index (χ2n) is 4.18. The second-order valence-corrected chi connectivity index (χ2v) is 5.13. The Labute approximate surface area is 114 Å². The van der Waals surface area contributed by atoms with Gasteiger partial charge in [-0.1, -0.05) is 18.2 Å². The molecule has 0 fully saturated rings. The first kappa shape index (κ1) is 12.1. The molecule has 1 N–H and O–H groups in total. The van der Waals surface area contributed by atoms with Crippen molar-refractivity contribution in [3.8, 4) is 11.5 Å². The molecule has 1 aromatic carbocycles. The monoisotopic (exact) mass is 272 g/mol. The van der Waals surface area contributed by atoms with Crippen LogP contribution in [0.25, 0.3) is 11.5 Å². The van der Waals surface area contributed by atoms with Crippen molar-refractivity contribution in [2.45, 2.75) is 13.0 Å². The number of thiophene rings is 1. The van der Waals surface area contributed by atoms with Crippen LogP contribution < -0.4 is 0 Å². The van der Waals surface area contributed by atoms with Crippen LogP contribution >= 0.6 is 11.3 Å². The van der Waals surface area contributed by atoms with Gasteiger partial charge in [0.1, 0.15) is 0 Å². The summed E-state index contributed by atoms with van der Waals surface area (Å²) in [5.41, 5.74) is 1.87. The largest absolute Gasteiger partial charge is 0.417 e. The number of aliphatic hydroxyl groups is 1. The van der Waals surface area contributed by atoms with Gasteiger partial charge in [0.2, 0.25) is 5.89 Å². The zero-order chi connectivity index (χ0) is 13.2. The molecule has 0 saturated carbocycles. The van der Waals surface area contributed by atoms with E-state index in [1.807, 2.05) is 48.7 Å². The van der Waals surface area contributed by atoms with Crippen LogP contribution in [0.5, 0.6) is 0 Å². The summed E-state index contributed by atoms with van der Waals surface area (Å²) in [5, 5.41) is 20.1. The van der Waals surface area contributed by atoms with Gasteiger partial charge in [-0.15, -0.1) is 21.5 Å². The van der Waals surface area contributed by atoms with Crippen LogP contribution in [0.2, 0.25) is 0 Å². The maximum atomic E-state index is 10.2. The van der Waals surface area contributed by atoms with Crippen molar-refractivity contribution in [3.05, 3.63) is 58.1 Å². The first-order chi connectivity index (χ1) is 9.25. The fourth-order valence-electron chi connectivity index (χ4n) is 1.82. The number of aliphatic hydroxyl groups excluding tert-OH is 1. The molecule has 19 heavy (non-hydrogen) atoms. The van der Waals surface area contributed by atoms with E-state index in [-0.39, 0.29) is 5.89 Å². The molecule has 96 valence electrons. The van der Waals surface area contributed by atoms with Crippen molar-refractivity contribution in [3.63, 3.8) is 0 Å². The third-order valence-corrected chi connectivity index (χ3v) is 3.92. The maximum absolute atomic E-state index is 10.2. The van der Waals surface area contributed by atoms with Crippen molar-refractivity contribution in [2.24, 2.45) is 0 Å². The lowest BCUT2D eigenvalue weighted by Gasteiger charge is -2.04. The minimum Gasteiger partial charge on any atom is -0.417 e. The maximum Gasteiger partial charge on any atom is 0.250 e. The summed E-state index contributed by atoms with van der Waals surface area (Å²) in [5.74, 6) is 0.647. The van der Waals surface area contributed by atoms with Crippen molar-refractivity contribution in [1.82, 2.24) is 10.2 Å². The van der Waals surface area contributed by atoms with Crippen molar-refractivity contribution in [2.75, 3.05) is 0 Å². The van der Waals surface area contributed by atoms with E-state index in [9.17, 15) is 5.11 Å². The third kappa shape index (κ3) is 2.30. The number of benzene rings is 1. The third-order valence-electron chi connectivity index (χ3n) is 2.85. The summed E-state index contributed by atoms with van der Waals surface area (Å²) in [6.07, 6.45) is -0.857. The summed E-state index contributed by atoms with van der Waals surface area (Å²) in [6, 6.07) is 11.5. The molecule has 4 nitrogen and oxygen atoms in total. The van der Waals surface area contributed by atoms with Gasteiger partial charge in [0.25, 0.3) is 5.89 Å². The molecule has 2 heterocycles. The molecule has 0 bridgehead atoms. The molecule has 1 atom stereocenters. The standard InChI is InChI=1S/C14H12N2O2S/c1-9-7-8-19-12(9)11(17)14-16-15-13(18-14)10-5-3-2-4-6-10/h2-8,11,17H,1H3/t11-/m0/s1. The molecule has 0 amide bonds. The Balaban J connectivity index is 1.92. The average Bonchev–Trinajstić information content (AvgIpc) is 3.08. The normalized spacial score (nSPS) is 12.5. The summed E-state index contributed by atoms with van der Waals surface area (Å²) in [7, 11) is 0. The van der Waals surface area contributed by atoms with E-state index < -0.39 is 6.10 Å². The van der Waals surface area contributed by atoms with Crippen LogP contribution in [0.4, 0.5) is 0 Å². The van der Waals surface area contributed by atoms with Gasteiger partial charge in [0.15, 0.2) is 6.10 Å². The first-order valence-electron chi connectivity index (χ1n) is 5.86. The summed E-state index contributed by atoms with van der Waals surface area (Å²) in [6.45, 7) is 1.95. The predicted molar refractivity (Wildman–Crippen MR) is 72.9 cm³/mol. The van der Waals surface area contributed by atoms with Crippen LogP contribution in [0.1, 0.15) is 22.4 Å². The molecule has 0 spiro atoms. The van der Waals surface area contributed by atoms with Gasteiger partial charge in [-0.25, -0.2) is 0 Å². The second kappa shape index (κ2) is 4.95. The van der Waals surface area contributed by atoms with E-state index in [0.29, 0.717) is 5.89 Å². The minimum absolute atomic E-state index is 0.226. The van der Waals surface area contributed by atoms with Crippen molar-refractivity contribution in [1.29, 1.82) is 0 Å². The molecule has 0 aliphatic carbocycles. The van der Waals surface area contributed by atoms with E-state index >= 15 is 0 Å². The van der Waals surface area contributed by atoms with Crippen LogP contribution in [0.15, 0.2) is 46.2 Å². The SMILES string of the molecule is Cc1ccsc1[C@H](O)c1nnc(-c2ccccc2)o1. The highest BCUT2D eigenvalue weighted by Crippen LogP contribution is 2.29. The van der Waals surface area contributed by atoms with E-state index in [4.69, 9.17) is 4.42 Å². The van der Waals surface area contributed by atoms with E-state index in [1.165, 1.54) is 11.3 Å². The molecule has 0 aliphatic rings. The molecular weight excluding hydrogens is 260 g/mol. The molecule has 0 unspecified atom stereocenters. The molecule has 0 aliphatic heterocycles. The number of aromatic nitrogens is 2. The van der Waals surface area contributed by atoms with E-state index in [2.05, 4.69) is 10.2 Å². The smallest absolute Gasteiger partial charge is 0.250 e. The van der Waals surface area contributed by atoms with E-state index in [0.717, 1.165) is 16.0 Å². The summed E-state index contributed by atoms with van der Waals surface area (Å²) in [4.78, 5) is 0.836. The van der Waals surface area contributed by atoms with Crippen LogP contribution in [0, 0.1) is 6.92 Å². The van der Waals surface area contributed by atoms with Crippen molar-refractivity contribution >= 4 is 11.3 Å². The Morgan fingerprint density at radius 2 is 1.95 bits per heavy atom. The van der Waals surface area contributed by atoms with Gasteiger partial charge in [-0.2, -0.15) is 0 Å². The Bertz CT molecular complexity index is 676. The predicted octanol–water partition coefficient (Wildman–Crippen LogP) is 3.19. The highest BCUT2D eigenvalue weighted by Gasteiger charge is 2.21. The number of nitrogens with zero attached hydrogens (tertiary/aromatic N) is 2. The Kier molecular flexibility index (Phi) is 3.15. The van der Waals surface area contributed by atoms with Gasteiger partial charge in [0.05, 0.1) is 0 Å². The number of rotatable bonds is 3. The molecule has 3 rings (SSSR count). The lowest BCUT2D eigenvalue weighted by atomic mass is 10.2. The van der Waals surface area contributed by atoms with Crippen LogP contribution in [-0.2, 0) is 0 Å².